The summed E-state index contributed by atoms with van der Waals surface area (Å²) in [5, 5.41) is 3.35. The Kier molecular flexibility index (Phi) is 6.24. The number of aryl methyl sites for hydroxylation is 1. The van der Waals surface area contributed by atoms with E-state index in [9.17, 15) is 26.0 Å². The Morgan fingerprint density at radius 1 is 1.00 bits per heavy atom. The number of piperidine rings is 1. The lowest BCUT2D eigenvalue weighted by Crippen LogP contribution is -2.48. The van der Waals surface area contributed by atoms with Gasteiger partial charge in [0, 0.05) is 5.56 Å². The third-order valence-corrected chi connectivity index (χ3v) is 7.79. The molecule has 0 aromatic heterocycles. The van der Waals surface area contributed by atoms with Gasteiger partial charge in [-0.05, 0) is 73.7 Å². The molecule has 1 spiro atoms. The van der Waals surface area contributed by atoms with Crippen molar-refractivity contribution in [3.8, 4) is 16.9 Å². The molecular weight excluding hydrogens is 446 g/mol. The van der Waals surface area contributed by atoms with E-state index in [-0.39, 0.29) is 11.2 Å². The van der Waals surface area contributed by atoms with Crippen molar-refractivity contribution < 1.29 is 30.7 Å². The normalized spacial score (nSPS) is 18.2. The monoisotopic (exact) mass is 471 g/mol. The van der Waals surface area contributed by atoms with Crippen LogP contribution in [0, 0.1) is 5.82 Å². The standard InChI is InChI=1S/C23H25F4NO3S/c24-20-14-17(1-2-19(20)15-32(29,30)12-9-23(25,26)27)16-3-4-21-18(13-16)5-6-22(31-21)7-10-28-11-8-22/h1-4,13-14,28H,5-12,15H2. The molecule has 4 nitrogen and oxygen atoms in total. The van der Waals surface area contributed by atoms with Crippen LogP contribution in [-0.4, -0.2) is 39.0 Å². The number of halogens is 4. The molecule has 9 heteroatoms. The van der Waals surface area contributed by atoms with Crippen molar-refractivity contribution in [2.75, 3.05) is 18.8 Å². The Hall–Kier alpha value is -2.13. The quantitative estimate of drug-likeness (QED) is 0.636. The molecule has 2 aliphatic rings. The van der Waals surface area contributed by atoms with Crippen molar-refractivity contribution in [1.29, 1.82) is 0 Å². The van der Waals surface area contributed by atoms with E-state index in [0.29, 0.717) is 5.56 Å². The molecule has 1 fully saturated rings. The van der Waals surface area contributed by atoms with E-state index in [1.165, 1.54) is 12.1 Å². The molecule has 4 rings (SSSR count). The van der Waals surface area contributed by atoms with E-state index < -0.39 is 39.8 Å². The fraction of sp³-hybridized carbons (Fsp3) is 0.478. The molecule has 2 aromatic rings. The van der Waals surface area contributed by atoms with Crippen LogP contribution in [0.15, 0.2) is 36.4 Å². The van der Waals surface area contributed by atoms with E-state index in [1.54, 1.807) is 6.07 Å². The van der Waals surface area contributed by atoms with Crippen LogP contribution in [0.5, 0.6) is 5.75 Å². The van der Waals surface area contributed by atoms with Gasteiger partial charge in [-0.3, -0.25) is 0 Å². The molecule has 0 radical (unpaired) electrons. The number of sulfone groups is 1. The molecule has 1 saturated heterocycles. The summed E-state index contributed by atoms with van der Waals surface area (Å²) in [5.41, 5.74) is 2.14. The van der Waals surface area contributed by atoms with Gasteiger partial charge >= 0.3 is 6.18 Å². The topological polar surface area (TPSA) is 55.4 Å². The molecule has 0 amide bonds. The third-order valence-electron chi connectivity index (χ3n) is 6.21. The zero-order valence-electron chi connectivity index (χ0n) is 17.5. The summed E-state index contributed by atoms with van der Waals surface area (Å²) in [4.78, 5) is 0. The van der Waals surface area contributed by atoms with Gasteiger partial charge < -0.3 is 10.1 Å². The Morgan fingerprint density at radius 2 is 1.69 bits per heavy atom. The maximum atomic E-state index is 14.6. The second-order valence-corrected chi connectivity index (χ2v) is 10.8. The average molecular weight is 472 g/mol. The minimum Gasteiger partial charge on any atom is -0.487 e. The van der Waals surface area contributed by atoms with E-state index in [4.69, 9.17) is 4.74 Å². The largest absolute Gasteiger partial charge is 0.487 e. The number of hydrogen-bond donors (Lipinski definition) is 1. The van der Waals surface area contributed by atoms with Gasteiger partial charge in [0.25, 0.3) is 0 Å². The predicted molar refractivity (Wildman–Crippen MR) is 114 cm³/mol. The number of rotatable bonds is 5. The molecule has 174 valence electrons. The number of hydrogen-bond acceptors (Lipinski definition) is 4. The van der Waals surface area contributed by atoms with Gasteiger partial charge in [0.05, 0.1) is 17.9 Å². The van der Waals surface area contributed by atoms with Gasteiger partial charge in [0.2, 0.25) is 0 Å². The van der Waals surface area contributed by atoms with E-state index in [1.807, 2.05) is 18.2 Å². The van der Waals surface area contributed by atoms with Crippen molar-refractivity contribution >= 4 is 9.84 Å². The highest BCUT2D eigenvalue weighted by Crippen LogP contribution is 2.40. The molecule has 2 heterocycles. The first-order valence-corrected chi connectivity index (χ1v) is 12.5. The second-order valence-electron chi connectivity index (χ2n) is 8.62. The molecule has 0 saturated carbocycles. The molecule has 0 bridgehead atoms. The van der Waals surface area contributed by atoms with Crippen LogP contribution < -0.4 is 10.1 Å². The van der Waals surface area contributed by atoms with Crippen LogP contribution in [0.25, 0.3) is 11.1 Å². The lowest BCUT2D eigenvalue weighted by molar-refractivity contribution is -0.129. The number of ether oxygens (including phenoxy) is 1. The smallest absolute Gasteiger partial charge is 0.390 e. The van der Waals surface area contributed by atoms with Gasteiger partial charge in [0.1, 0.15) is 17.2 Å². The summed E-state index contributed by atoms with van der Waals surface area (Å²) in [5.74, 6) is -1.72. The number of fused-ring (bicyclic) bond motifs is 1. The summed E-state index contributed by atoms with van der Waals surface area (Å²) >= 11 is 0. The molecule has 2 aliphatic heterocycles. The highest BCUT2D eigenvalue weighted by atomic mass is 32.2. The maximum Gasteiger partial charge on any atom is 0.390 e. The van der Waals surface area contributed by atoms with E-state index in [0.717, 1.165) is 55.6 Å². The van der Waals surface area contributed by atoms with Crippen molar-refractivity contribution in [2.24, 2.45) is 0 Å². The van der Waals surface area contributed by atoms with Crippen LogP contribution >= 0.6 is 0 Å². The van der Waals surface area contributed by atoms with Gasteiger partial charge in [-0.1, -0.05) is 18.2 Å². The summed E-state index contributed by atoms with van der Waals surface area (Å²) in [6.45, 7) is 1.87. The van der Waals surface area contributed by atoms with Crippen molar-refractivity contribution in [3.63, 3.8) is 0 Å². The molecule has 2 aromatic carbocycles. The van der Waals surface area contributed by atoms with Gasteiger partial charge in [-0.2, -0.15) is 13.2 Å². The summed E-state index contributed by atoms with van der Waals surface area (Å²) < 4.78 is 81.8. The van der Waals surface area contributed by atoms with Crippen LogP contribution in [0.4, 0.5) is 17.6 Å². The highest BCUT2D eigenvalue weighted by molar-refractivity contribution is 7.90. The maximum absolute atomic E-state index is 14.6. The van der Waals surface area contributed by atoms with Gasteiger partial charge in [-0.25, -0.2) is 12.8 Å². The molecule has 1 N–H and O–H groups in total. The van der Waals surface area contributed by atoms with Crippen LogP contribution in [0.3, 0.4) is 0 Å². The Balaban J connectivity index is 1.49. The van der Waals surface area contributed by atoms with Crippen molar-refractivity contribution in [3.05, 3.63) is 53.3 Å². The van der Waals surface area contributed by atoms with Crippen LogP contribution in [0.2, 0.25) is 0 Å². The van der Waals surface area contributed by atoms with E-state index >= 15 is 0 Å². The first-order chi connectivity index (χ1) is 15.0. The lowest BCUT2D eigenvalue weighted by Gasteiger charge is -2.41. The lowest BCUT2D eigenvalue weighted by atomic mass is 9.83. The molecule has 0 atom stereocenters. The molecule has 32 heavy (non-hydrogen) atoms. The third kappa shape index (κ3) is 5.43. The van der Waals surface area contributed by atoms with Crippen molar-refractivity contribution in [1.82, 2.24) is 5.32 Å². The number of alkyl halides is 3. The minimum atomic E-state index is -4.57. The SMILES string of the molecule is O=S(=O)(CCC(F)(F)F)Cc1ccc(-c2ccc3c(c2)CCC2(CCNCC2)O3)cc1F. The number of benzene rings is 2. The molecule has 0 aliphatic carbocycles. The van der Waals surface area contributed by atoms with Crippen LogP contribution in [-0.2, 0) is 22.0 Å². The highest BCUT2D eigenvalue weighted by Gasteiger charge is 2.37. The fourth-order valence-corrected chi connectivity index (χ4v) is 5.75. The Morgan fingerprint density at radius 3 is 2.38 bits per heavy atom. The van der Waals surface area contributed by atoms with Crippen molar-refractivity contribution in [2.45, 2.75) is 49.6 Å². The minimum absolute atomic E-state index is 0.120. The van der Waals surface area contributed by atoms with E-state index in [2.05, 4.69) is 5.32 Å². The second kappa shape index (κ2) is 8.67. The first-order valence-electron chi connectivity index (χ1n) is 10.6. The summed E-state index contributed by atoms with van der Waals surface area (Å²) in [7, 11) is -4.07. The number of nitrogens with one attached hydrogen (secondary N) is 1. The Bertz CT molecular complexity index is 1090. The zero-order valence-corrected chi connectivity index (χ0v) is 18.3. The predicted octanol–water partition coefficient (Wildman–Crippen LogP) is 4.81. The van der Waals surface area contributed by atoms with Gasteiger partial charge in [0.15, 0.2) is 9.84 Å². The molecular formula is C23H25F4NO3S. The zero-order chi connectivity index (χ0) is 23.0. The van der Waals surface area contributed by atoms with Gasteiger partial charge in [-0.15, -0.1) is 0 Å². The fourth-order valence-electron chi connectivity index (χ4n) is 4.36. The first kappa shape index (κ1) is 23.0. The van der Waals surface area contributed by atoms with Crippen LogP contribution in [0.1, 0.15) is 36.8 Å². The summed E-state index contributed by atoms with van der Waals surface area (Å²) in [6, 6.07) is 9.84. The Labute approximate surface area is 184 Å². The average Bonchev–Trinajstić information content (AvgIpc) is 2.74. The summed E-state index contributed by atoms with van der Waals surface area (Å²) in [6.07, 6.45) is -2.29. The molecule has 0 unspecified atom stereocenters.